The van der Waals surface area contributed by atoms with Gasteiger partial charge in [0.1, 0.15) is 4.64 Å². The highest BCUT2D eigenvalue weighted by atomic mass is 35.5. The zero-order valence-corrected chi connectivity index (χ0v) is 14.3. The smallest absolute Gasteiger partial charge is 0.183 e. The first-order valence-electron chi connectivity index (χ1n) is 5.87. The number of nitrogens with zero attached hydrogens (tertiary/aromatic N) is 1. The van der Waals surface area contributed by atoms with E-state index in [2.05, 4.69) is 4.98 Å². The number of benzene rings is 2. The van der Waals surface area contributed by atoms with Crippen molar-refractivity contribution in [1.29, 1.82) is 0 Å². The number of rotatable bonds is 1. The van der Waals surface area contributed by atoms with Crippen molar-refractivity contribution in [3.63, 3.8) is 0 Å². The molecule has 0 aliphatic carbocycles. The summed E-state index contributed by atoms with van der Waals surface area (Å²) in [6.45, 7) is 0. The summed E-state index contributed by atoms with van der Waals surface area (Å²) < 4.78 is 2.75. The molecule has 0 fully saturated rings. The molecular formula is C14H7Cl3N2S2. The zero-order valence-electron chi connectivity index (χ0n) is 10.4. The third kappa shape index (κ3) is 2.74. The number of halogens is 3. The van der Waals surface area contributed by atoms with Crippen LogP contribution in [0, 0.1) is 9.41 Å². The fourth-order valence-electron chi connectivity index (χ4n) is 2.07. The second kappa shape index (κ2) is 5.71. The van der Waals surface area contributed by atoms with Crippen LogP contribution in [0.2, 0.25) is 15.1 Å². The Morgan fingerprint density at radius 2 is 1.57 bits per heavy atom. The van der Waals surface area contributed by atoms with E-state index in [0.29, 0.717) is 30.0 Å². The lowest BCUT2D eigenvalue weighted by molar-refractivity contribution is 0.967. The summed E-state index contributed by atoms with van der Waals surface area (Å²) in [5.41, 5.74) is 1.50. The number of fused-ring (bicyclic) bond motifs is 1. The number of nitrogens with one attached hydrogen (secondary N) is 1. The number of hydrogen-bond acceptors (Lipinski definition) is 2. The van der Waals surface area contributed by atoms with E-state index in [4.69, 9.17) is 59.2 Å². The normalized spacial score (nSPS) is 11.0. The fourth-order valence-corrected chi connectivity index (χ4v) is 3.45. The molecule has 21 heavy (non-hydrogen) atoms. The Hall–Kier alpha value is -0.910. The Morgan fingerprint density at radius 3 is 2.24 bits per heavy atom. The molecule has 106 valence electrons. The quantitative estimate of drug-likeness (QED) is 0.500. The number of H-pyrrole nitrogens is 1. The lowest BCUT2D eigenvalue weighted by Gasteiger charge is -2.11. The number of aromatic nitrogens is 2. The van der Waals surface area contributed by atoms with Gasteiger partial charge in [-0.3, -0.25) is 4.57 Å². The Balaban J connectivity index is 2.42. The van der Waals surface area contributed by atoms with Crippen LogP contribution in [0.15, 0.2) is 36.4 Å². The molecule has 0 saturated carbocycles. The van der Waals surface area contributed by atoms with Gasteiger partial charge in [0.15, 0.2) is 4.77 Å². The van der Waals surface area contributed by atoms with Crippen LogP contribution in [0.25, 0.3) is 16.6 Å². The fraction of sp³-hybridized carbons (Fsp3) is 0. The van der Waals surface area contributed by atoms with E-state index < -0.39 is 0 Å². The average Bonchev–Trinajstić information content (AvgIpc) is 2.42. The molecule has 0 aliphatic heterocycles. The Morgan fingerprint density at radius 1 is 0.905 bits per heavy atom. The highest BCUT2D eigenvalue weighted by molar-refractivity contribution is 7.72. The van der Waals surface area contributed by atoms with Gasteiger partial charge < -0.3 is 4.98 Å². The van der Waals surface area contributed by atoms with Crippen LogP contribution in [0.5, 0.6) is 0 Å². The molecule has 0 amide bonds. The molecule has 1 N–H and O–H groups in total. The standard InChI is InChI=1S/C14H7Cl3N2S2/c15-7-1-3-9(4-2-7)19-13(20)10-5-8(16)6-11(17)12(10)18-14(19)21/h1-6H,(H,18,21). The number of hydrogen-bond donors (Lipinski definition) is 1. The molecule has 0 unspecified atom stereocenters. The second-order valence-electron chi connectivity index (χ2n) is 4.36. The van der Waals surface area contributed by atoms with Gasteiger partial charge in [0, 0.05) is 21.1 Å². The molecule has 1 aromatic heterocycles. The summed E-state index contributed by atoms with van der Waals surface area (Å²) in [7, 11) is 0. The minimum atomic E-state index is 0.457. The summed E-state index contributed by atoms with van der Waals surface area (Å²) in [6, 6.07) is 10.7. The van der Waals surface area contributed by atoms with E-state index in [1.165, 1.54) is 0 Å². The topological polar surface area (TPSA) is 20.7 Å². The lowest BCUT2D eigenvalue weighted by Crippen LogP contribution is -2.02. The SMILES string of the molecule is S=c1[nH]c2c(Cl)cc(Cl)cc2c(=S)n1-c1ccc(Cl)cc1. The molecule has 3 aromatic rings. The maximum Gasteiger partial charge on any atom is 0.183 e. The predicted molar refractivity (Wildman–Crippen MR) is 94.3 cm³/mol. The molecule has 0 radical (unpaired) electrons. The van der Waals surface area contributed by atoms with E-state index in [-0.39, 0.29) is 0 Å². The maximum atomic E-state index is 6.19. The maximum absolute atomic E-state index is 6.19. The molecule has 1 heterocycles. The van der Waals surface area contributed by atoms with E-state index >= 15 is 0 Å². The molecule has 0 aliphatic rings. The molecule has 2 nitrogen and oxygen atoms in total. The molecule has 0 atom stereocenters. The summed E-state index contributed by atoms with van der Waals surface area (Å²) in [6.07, 6.45) is 0. The molecular weight excluding hydrogens is 367 g/mol. The Bertz CT molecular complexity index is 959. The van der Waals surface area contributed by atoms with Crippen LogP contribution >= 0.6 is 59.2 Å². The first-order valence-corrected chi connectivity index (χ1v) is 7.82. The van der Waals surface area contributed by atoms with E-state index in [1.54, 1.807) is 28.8 Å². The molecule has 3 rings (SSSR count). The number of aromatic amines is 1. The predicted octanol–water partition coefficient (Wildman–Crippen LogP) is 6.38. The first kappa shape index (κ1) is 15.0. The Kier molecular flexibility index (Phi) is 4.08. The van der Waals surface area contributed by atoms with Crippen molar-refractivity contribution in [3.05, 3.63) is 60.9 Å². The van der Waals surface area contributed by atoms with Gasteiger partial charge in [-0.25, -0.2) is 0 Å². The van der Waals surface area contributed by atoms with Crippen molar-refractivity contribution in [3.8, 4) is 5.69 Å². The molecule has 0 spiro atoms. The van der Waals surface area contributed by atoms with Gasteiger partial charge >= 0.3 is 0 Å². The third-order valence-corrected chi connectivity index (χ3v) is 4.46. The van der Waals surface area contributed by atoms with Gasteiger partial charge in [0.25, 0.3) is 0 Å². The van der Waals surface area contributed by atoms with Gasteiger partial charge in [-0.1, -0.05) is 47.0 Å². The van der Waals surface area contributed by atoms with Crippen molar-refractivity contribution in [2.24, 2.45) is 0 Å². The minimum Gasteiger partial charge on any atom is -0.330 e. The van der Waals surface area contributed by atoms with Crippen LogP contribution in [-0.4, -0.2) is 9.55 Å². The lowest BCUT2D eigenvalue weighted by atomic mass is 10.2. The van der Waals surface area contributed by atoms with E-state index in [9.17, 15) is 0 Å². The van der Waals surface area contributed by atoms with Crippen LogP contribution in [0.4, 0.5) is 0 Å². The minimum absolute atomic E-state index is 0.457. The highest BCUT2D eigenvalue weighted by Gasteiger charge is 2.09. The second-order valence-corrected chi connectivity index (χ2v) is 6.41. The van der Waals surface area contributed by atoms with Gasteiger partial charge in [-0.05, 0) is 48.6 Å². The van der Waals surface area contributed by atoms with E-state index in [0.717, 1.165) is 11.1 Å². The van der Waals surface area contributed by atoms with E-state index in [1.807, 2.05) is 12.1 Å². The van der Waals surface area contributed by atoms with Gasteiger partial charge in [-0.2, -0.15) is 0 Å². The third-order valence-electron chi connectivity index (χ3n) is 3.01. The molecule has 7 heteroatoms. The van der Waals surface area contributed by atoms with Gasteiger partial charge in [-0.15, -0.1) is 0 Å². The van der Waals surface area contributed by atoms with Crippen molar-refractivity contribution in [2.75, 3.05) is 0 Å². The summed E-state index contributed by atoms with van der Waals surface area (Å²) in [4.78, 5) is 3.10. The Labute approximate surface area is 145 Å². The van der Waals surface area contributed by atoms with Crippen molar-refractivity contribution >= 4 is 70.1 Å². The first-order chi connectivity index (χ1) is 9.97. The zero-order chi connectivity index (χ0) is 15.1. The summed E-state index contributed by atoms with van der Waals surface area (Å²) in [5.74, 6) is 0. The van der Waals surface area contributed by atoms with Crippen molar-refractivity contribution in [1.82, 2.24) is 9.55 Å². The summed E-state index contributed by atoms with van der Waals surface area (Å²) in [5, 5.41) is 2.39. The van der Waals surface area contributed by atoms with Crippen LogP contribution in [0.3, 0.4) is 0 Å². The van der Waals surface area contributed by atoms with Gasteiger partial charge in [0.05, 0.1) is 10.5 Å². The largest absolute Gasteiger partial charge is 0.330 e. The van der Waals surface area contributed by atoms with Crippen LogP contribution in [0.1, 0.15) is 0 Å². The van der Waals surface area contributed by atoms with Crippen molar-refractivity contribution < 1.29 is 0 Å². The molecule has 0 bridgehead atoms. The monoisotopic (exact) mass is 372 g/mol. The highest BCUT2D eigenvalue weighted by Crippen LogP contribution is 2.28. The summed E-state index contributed by atoms with van der Waals surface area (Å²) >= 11 is 29.1. The van der Waals surface area contributed by atoms with Crippen molar-refractivity contribution in [2.45, 2.75) is 0 Å². The molecule has 0 saturated heterocycles. The van der Waals surface area contributed by atoms with Crippen LogP contribution < -0.4 is 0 Å². The molecule has 2 aromatic carbocycles. The van der Waals surface area contributed by atoms with Crippen LogP contribution in [-0.2, 0) is 0 Å². The van der Waals surface area contributed by atoms with Gasteiger partial charge in [0.2, 0.25) is 0 Å². The average molecular weight is 374 g/mol.